The molecule has 0 aliphatic carbocycles. The minimum absolute atomic E-state index is 0.105. The highest BCUT2D eigenvalue weighted by atomic mass is 32.1. The Kier molecular flexibility index (Phi) is 7.40. The number of hydrogen-bond acceptors (Lipinski definition) is 4. The van der Waals surface area contributed by atoms with Crippen molar-refractivity contribution in [3.05, 3.63) is 45.9 Å². The highest BCUT2D eigenvalue weighted by Crippen LogP contribution is 2.10. The molecule has 1 aromatic carbocycles. The van der Waals surface area contributed by atoms with Crippen molar-refractivity contribution in [2.24, 2.45) is 4.99 Å². The van der Waals surface area contributed by atoms with Gasteiger partial charge in [-0.2, -0.15) is 0 Å². The predicted octanol–water partition coefficient (Wildman–Crippen LogP) is 2.36. The van der Waals surface area contributed by atoms with E-state index >= 15 is 0 Å². The van der Waals surface area contributed by atoms with Gasteiger partial charge in [-0.15, -0.1) is 11.3 Å². The molecule has 0 radical (unpaired) electrons. The summed E-state index contributed by atoms with van der Waals surface area (Å²) in [6.45, 7) is 4.96. The standard InChI is InChI=1S/C18H25N5OS/c1-4-14-6-5-7-15(10-14)23-17(24)11-21-18(19-3)20-9-8-16-12-25-13(2)22-16/h5-7,10,12H,4,8-9,11H2,1-3H3,(H,23,24)(H2,19,20,21). The van der Waals surface area contributed by atoms with Gasteiger partial charge in [0.2, 0.25) is 5.91 Å². The van der Waals surface area contributed by atoms with E-state index < -0.39 is 0 Å². The molecular formula is C18H25N5OS. The van der Waals surface area contributed by atoms with Crippen LogP contribution in [0.3, 0.4) is 0 Å². The number of guanidine groups is 1. The van der Waals surface area contributed by atoms with Crippen molar-refractivity contribution in [2.45, 2.75) is 26.7 Å². The maximum Gasteiger partial charge on any atom is 0.243 e. The number of nitrogens with one attached hydrogen (secondary N) is 3. The maximum atomic E-state index is 12.1. The summed E-state index contributed by atoms with van der Waals surface area (Å²) in [5, 5.41) is 12.2. The fraction of sp³-hybridized carbons (Fsp3) is 0.389. The molecule has 0 aliphatic heterocycles. The third-order valence-electron chi connectivity index (χ3n) is 3.60. The van der Waals surface area contributed by atoms with Gasteiger partial charge in [0, 0.05) is 31.1 Å². The number of amides is 1. The van der Waals surface area contributed by atoms with Crippen LogP contribution in [0.5, 0.6) is 0 Å². The molecule has 1 heterocycles. The zero-order valence-corrected chi connectivity index (χ0v) is 15.7. The van der Waals surface area contributed by atoms with Gasteiger partial charge in [0.05, 0.1) is 17.2 Å². The number of benzene rings is 1. The maximum absolute atomic E-state index is 12.1. The SMILES string of the molecule is CCc1cccc(NC(=O)CNC(=NC)NCCc2csc(C)n2)c1. The molecule has 7 heteroatoms. The summed E-state index contributed by atoms with van der Waals surface area (Å²) in [4.78, 5) is 20.6. The summed E-state index contributed by atoms with van der Waals surface area (Å²) in [5.74, 6) is 0.496. The molecular weight excluding hydrogens is 334 g/mol. The van der Waals surface area contributed by atoms with E-state index in [1.165, 1.54) is 5.56 Å². The molecule has 2 rings (SSSR count). The van der Waals surface area contributed by atoms with Gasteiger partial charge < -0.3 is 16.0 Å². The van der Waals surface area contributed by atoms with Crippen molar-refractivity contribution in [3.8, 4) is 0 Å². The Morgan fingerprint density at radius 1 is 1.32 bits per heavy atom. The number of aliphatic imine (C=N–C) groups is 1. The molecule has 0 aliphatic rings. The highest BCUT2D eigenvalue weighted by molar-refractivity contribution is 7.09. The molecule has 0 saturated heterocycles. The van der Waals surface area contributed by atoms with Crippen LogP contribution in [0.2, 0.25) is 0 Å². The Morgan fingerprint density at radius 2 is 2.16 bits per heavy atom. The molecule has 1 amide bonds. The van der Waals surface area contributed by atoms with Crippen molar-refractivity contribution >= 4 is 28.9 Å². The third kappa shape index (κ3) is 6.54. The number of anilines is 1. The smallest absolute Gasteiger partial charge is 0.243 e. The van der Waals surface area contributed by atoms with E-state index in [4.69, 9.17) is 0 Å². The van der Waals surface area contributed by atoms with Gasteiger partial charge in [0.1, 0.15) is 0 Å². The second kappa shape index (κ2) is 9.78. The lowest BCUT2D eigenvalue weighted by Gasteiger charge is -2.12. The summed E-state index contributed by atoms with van der Waals surface area (Å²) < 4.78 is 0. The molecule has 2 aromatic rings. The molecule has 3 N–H and O–H groups in total. The minimum atomic E-state index is -0.105. The molecule has 25 heavy (non-hydrogen) atoms. The highest BCUT2D eigenvalue weighted by Gasteiger charge is 2.05. The lowest BCUT2D eigenvalue weighted by molar-refractivity contribution is -0.115. The van der Waals surface area contributed by atoms with Gasteiger partial charge in [-0.1, -0.05) is 19.1 Å². The van der Waals surface area contributed by atoms with Crippen LogP contribution in [0.15, 0.2) is 34.6 Å². The van der Waals surface area contributed by atoms with Crippen LogP contribution in [-0.4, -0.2) is 37.0 Å². The molecule has 1 aromatic heterocycles. The second-order valence-electron chi connectivity index (χ2n) is 5.56. The van der Waals surface area contributed by atoms with E-state index in [-0.39, 0.29) is 12.5 Å². The average molecular weight is 359 g/mol. The van der Waals surface area contributed by atoms with Crippen molar-refractivity contribution in [2.75, 3.05) is 25.5 Å². The van der Waals surface area contributed by atoms with Crippen LogP contribution in [0.25, 0.3) is 0 Å². The Balaban J connectivity index is 1.72. The quantitative estimate of drug-likeness (QED) is 0.524. The molecule has 0 spiro atoms. The van der Waals surface area contributed by atoms with Crippen molar-refractivity contribution < 1.29 is 4.79 Å². The third-order valence-corrected chi connectivity index (χ3v) is 4.42. The first-order valence-corrected chi connectivity index (χ1v) is 9.23. The Bertz CT molecular complexity index is 726. The fourth-order valence-electron chi connectivity index (χ4n) is 2.29. The van der Waals surface area contributed by atoms with Gasteiger partial charge >= 0.3 is 0 Å². The Morgan fingerprint density at radius 3 is 2.84 bits per heavy atom. The molecule has 0 unspecified atom stereocenters. The zero-order chi connectivity index (χ0) is 18.1. The number of rotatable bonds is 7. The van der Waals surface area contributed by atoms with Gasteiger partial charge in [-0.3, -0.25) is 9.79 Å². The van der Waals surface area contributed by atoms with E-state index in [1.54, 1.807) is 18.4 Å². The van der Waals surface area contributed by atoms with Gasteiger partial charge in [-0.05, 0) is 31.0 Å². The Hall–Kier alpha value is -2.41. The first-order valence-electron chi connectivity index (χ1n) is 8.35. The van der Waals surface area contributed by atoms with E-state index in [0.29, 0.717) is 12.5 Å². The Labute approximate surface area is 152 Å². The van der Waals surface area contributed by atoms with Crippen molar-refractivity contribution in [1.82, 2.24) is 15.6 Å². The van der Waals surface area contributed by atoms with Crippen molar-refractivity contribution in [1.29, 1.82) is 0 Å². The summed E-state index contributed by atoms with van der Waals surface area (Å²) in [7, 11) is 1.69. The predicted molar refractivity (Wildman–Crippen MR) is 104 cm³/mol. The minimum Gasteiger partial charge on any atom is -0.356 e. The first-order chi connectivity index (χ1) is 12.1. The van der Waals surface area contributed by atoms with E-state index in [2.05, 4.69) is 38.2 Å². The number of carbonyl (C=O) groups is 1. The average Bonchev–Trinajstić information content (AvgIpc) is 3.03. The molecule has 0 atom stereocenters. The topological polar surface area (TPSA) is 78.4 Å². The summed E-state index contributed by atoms with van der Waals surface area (Å²) in [5.41, 5.74) is 3.08. The van der Waals surface area contributed by atoms with E-state index in [0.717, 1.165) is 29.2 Å². The lowest BCUT2D eigenvalue weighted by Crippen LogP contribution is -2.42. The first kappa shape index (κ1) is 18.9. The van der Waals surface area contributed by atoms with Crippen LogP contribution in [-0.2, 0) is 17.6 Å². The normalized spacial score (nSPS) is 11.2. The number of aryl methyl sites for hydroxylation is 2. The zero-order valence-electron chi connectivity index (χ0n) is 14.9. The van der Waals surface area contributed by atoms with Crippen LogP contribution in [0, 0.1) is 6.92 Å². The number of aromatic nitrogens is 1. The molecule has 6 nitrogen and oxygen atoms in total. The molecule has 134 valence electrons. The summed E-state index contributed by atoms with van der Waals surface area (Å²) in [6.07, 6.45) is 1.76. The van der Waals surface area contributed by atoms with Crippen molar-refractivity contribution in [3.63, 3.8) is 0 Å². The lowest BCUT2D eigenvalue weighted by atomic mass is 10.1. The van der Waals surface area contributed by atoms with Gasteiger partial charge in [0.15, 0.2) is 5.96 Å². The number of nitrogens with zero attached hydrogens (tertiary/aromatic N) is 2. The van der Waals surface area contributed by atoms with E-state index in [9.17, 15) is 4.79 Å². The van der Waals surface area contributed by atoms with E-state index in [1.807, 2.05) is 31.2 Å². The van der Waals surface area contributed by atoms with Crippen LogP contribution >= 0.6 is 11.3 Å². The summed E-state index contributed by atoms with van der Waals surface area (Å²) >= 11 is 1.65. The number of hydrogen-bond donors (Lipinski definition) is 3. The molecule has 0 fully saturated rings. The van der Waals surface area contributed by atoms with Gasteiger partial charge in [-0.25, -0.2) is 4.98 Å². The van der Waals surface area contributed by atoms with Crippen LogP contribution in [0.4, 0.5) is 5.69 Å². The number of thiazole rings is 1. The molecule has 0 bridgehead atoms. The largest absolute Gasteiger partial charge is 0.356 e. The van der Waals surface area contributed by atoms with Crippen LogP contribution in [0.1, 0.15) is 23.2 Å². The van der Waals surface area contributed by atoms with Gasteiger partial charge in [0.25, 0.3) is 0 Å². The monoisotopic (exact) mass is 359 g/mol. The van der Waals surface area contributed by atoms with Crippen LogP contribution < -0.4 is 16.0 Å². The second-order valence-corrected chi connectivity index (χ2v) is 6.62. The molecule has 0 saturated carbocycles. The summed E-state index contributed by atoms with van der Waals surface area (Å²) in [6, 6.07) is 7.87. The number of carbonyl (C=O) groups excluding carboxylic acids is 1. The fourth-order valence-corrected chi connectivity index (χ4v) is 2.94.